The van der Waals surface area contributed by atoms with Crippen molar-refractivity contribution in [1.29, 1.82) is 0 Å². The summed E-state index contributed by atoms with van der Waals surface area (Å²) in [5, 5.41) is 25.4. The van der Waals surface area contributed by atoms with Crippen molar-refractivity contribution in [1.82, 2.24) is 24.2 Å². The molecule has 4 aromatic rings. The third kappa shape index (κ3) is 3.98. The number of hydrogen-bond donors (Lipinski definition) is 2. The van der Waals surface area contributed by atoms with Crippen molar-refractivity contribution >= 4 is 16.9 Å². The van der Waals surface area contributed by atoms with E-state index in [9.17, 15) is 19.8 Å². The zero-order valence-corrected chi connectivity index (χ0v) is 17.8. The maximum absolute atomic E-state index is 13.0. The number of hydrogen-bond acceptors (Lipinski definition) is 6. The van der Waals surface area contributed by atoms with Crippen LogP contribution in [0.15, 0.2) is 71.9 Å². The van der Waals surface area contributed by atoms with E-state index in [0.29, 0.717) is 42.5 Å². The fourth-order valence-electron chi connectivity index (χ4n) is 4.24. The molecule has 3 heterocycles. The summed E-state index contributed by atoms with van der Waals surface area (Å²) in [6.45, 7) is 0.780. The molecule has 1 saturated heterocycles. The number of aromatic nitrogens is 4. The molecule has 1 aliphatic heterocycles. The maximum Gasteiger partial charge on any atom is 0.264 e. The highest BCUT2D eigenvalue weighted by atomic mass is 16.3. The summed E-state index contributed by atoms with van der Waals surface area (Å²) in [7, 11) is 0. The number of nitrogens with zero attached hydrogens (tertiary/aromatic N) is 5. The number of aliphatic hydroxyl groups is 1. The first kappa shape index (κ1) is 20.9. The average molecular weight is 445 g/mol. The fourth-order valence-corrected chi connectivity index (χ4v) is 4.24. The minimum absolute atomic E-state index is 0.0345. The molecule has 0 radical (unpaired) electrons. The number of para-hydroxylation sites is 1. The lowest BCUT2D eigenvalue weighted by atomic mass is 9.91. The molecule has 33 heavy (non-hydrogen) atoms. The number of aromatic hydroxyl groups is 1. The number of carbonyl (C=O) groups excluding carboxylic acids is 1. The first-order valence-corrected chi connectivity index (χ1v) is 10.7. The molecule has 0 aliphatic carbocycles. The van der Waals surface area contributed by atoms with Crippen molar-refractivity contribution in [2.75, 3.05) is 13.1 Å². The Labute approximate surface area is 189 Å². The Balaban J connectivity index is 1.32. The summed E-state index contributed by atoms with van der Waals surface area (Å²) in [6.07, 6.45) is 3.58. The third-order valence-corrected chi connectivity index (χ3v) is 6.09. The van der Waals surface area contributed by atoms with Crippen molar-refractivity contribution in [3.8, 4) is 11.4 Å². The molecule has 2 N–H and O–H groups in total. The molecule has 5 rings (SSSR count). The second kappa shape index (κ2) is 8.18. The van der Waals surface area contributed by atoms with Crippen molar-refractivity contribution < 1.29 is 15.0 Å². The highest BCUT2D eigenvalue weighted by molar-refractivity contribution is 5.94. The lowest BCUT2D eigenvalue weighted by molar-refractivity contribution is -0.0299. The van der Waals surface area contributed by atoms with Gasteiger partial charge in [-0.05, 0) is 43.2 Å². The Morgan fingerprint density at radius 1 is 1.06 bits per heavy atom. The summed E-state index contributed by atoms with van der Waals surface area (Å²) >= 11 is 0. The van der Waals surface area contributed by atoms with Crippen molar-refractivity contribution in [3.63, 3.8) is 0 Å². The van der Waals surface area contributed by atoms with Gasteiger partial charge in [0, 0.05) is 18.7 Å². The van der Waals surface area contributed by atoms with Crippen LogP contribution >= 0.6 is 0 Å². The van der Waals surface area contributed by atoms with Gasteiger partial charge in [0.1, 0.15) is 17.5 Å². The van der Waals surface area contributed by atoms with Crippen molar-refractivity contribution in [2.45, 2.75) is 25.0 Å². The lowest BCUT2D eigenvalue weighted by Gasteiger charge is -2.38. The van der Waals surface area contributed by atoms with Gasteiger partial charge in [-0.1, -0.05) is 24.3 Å². The van der Waals surface area contributed by atoms with Crippen LogP contribution < -0.4 is 5.56 Å². The lowest BCUT2D eigenvalue weighted by Crippen LogP contribution is -2.49. The summed E-state index contributed by atoms with van der Waals surface area (Å²) in [6, 6.07) is 15.7. The smallest absolute Gasteiger partial charge is 0.264 e. The molecule has 1 fully saturated rings. The molecule has 0 atom stereocenters. The van der Waals surface area contributed by atoms with E-state index in [0.717, 1.165) is 5.69 Å². The summed E-state index contributed by atoms with van der Waals surface area (Å²) in [5.41, 5.74) is 0.264. The van der Waals surface area contributed by atoms with Gasteiger partial charge >= 0.3 is 0 Å². The predicted molar refractivity (Wildman–Crippen MR) is 121 cm³/mol. The minimum atomic E-state index is -1.13. The number of benzene rings is 2. The highest BCUT2D eigenvalue weighted by Crippen LogP contribution is 2.26. The maximum atomic E-state index is 13.0. The van der Waals surface area contributed by atoms with Crippen LogP contribution in [0.1, 0.15) is 23.2 Å². The quantitative estimate of drug-likeness (QED) is 0.496. The molecular weight excluding hydrogens is 422 g/mol. The molecule has 0 spiro atoms. The van der Waals surface area contributed by atoms with Gasteiger partial charge in [-0.2, -0.15) is 5.10 Å². The second-order valence-corrected chi connectivity index (χ2v) is 8.37. The van der Waals surface area contributed by atoms with Gasteiger partial charge in [-0.3, -0.25) is 14.2 Å². The van der Waals surface area contributed by atoms with Gasteiger partial charge in [-0.15, -0.1) is 0 Å². The number of phenols is 1. The van der Waals surface area contributed by atoms with E-state index in [1.165, 1.54) is 29.2 Å². The SMILES string of the molecule is O=C(c1cccc(O)c1)N1CCC(O)(Cn2cnc3c(cnn3-c3ccccc3)c2=O)CC1. The monoisotopic (exact) mass is 445 g/mol. The van der Waals surface area contributed by atoms with Gasteiger partial charge in [-0.25, -0.2) is 9.67 Å². The van der Waals surface area contributed by atoms with Crippen LogP contribution in [0.5, 0.6) is 5.75 Å². The molecule has 2 aromatic heterocycles. The first-order valence-electron chi connectivity index (χ1n) is 10.7. The average Bonchev–Trinajstić information content (AvgIpc) is 3.26. The predicted octanol–water partition coefficient (Wildman–Crippen LogP) is 1.96. The van der Waals surface area contributed by atoms with E-state index in [4.69, 9.17) is 0 Å². The Bertz CT molecular complexity index is 1370. The van der Waals surface area contributed by atoms with Crippen LogP contribution in [0.4, 0.5) is 0 Å². The normalized spacial score (nSPS) is 15.6. The molecular formula is C24H23N5O4. The van der Waals surface area contributed by atoms with Crippen LogP contribution in [0.2, 0.25) is 0 Å². The number of carbonyl (C=O) groups is 1. The van der Waals surface area contributed by atoms with Gasteiger partial charge in [0.25, 0.3) is 11.5 Å². The van der Waals surface area contributed by atoms with Gasteiger partial charge in [0.05, 0.1) is 24.0 Å². The number of likely N-dealkylation sites (tertiary alicyclic amines) is 1. The van der Waals surface area contributed by atoms with Crippen LogP contribution in [0, 0.1) is 0 Å². The van der Waals surface area contributed by atoms with Crippen LogP contribution in [-0.4, -0.2) is 59.0 Å². The number of amides is 1. The van der Waals surface area contributed by atoms with E-state index < -0.39 is 5.60 Å². The molecule has 0 saturated carbocycles. The zero-order valence-electron chi connectivity index (χ0n) is 17.8. The third-order valence-electron chi connectivity index (χ3n) is 6.09. The molecule has 1 aliphatic rings. The van der Waals surface area contributed by atoms with Gasteiger partial charge in [0.15, 0.2) is 5.65 Å². The number of piperidine rings is 1. The Morgan fingerprint density at radius 3 is 2.55 bits per heavy atom. The van der Waals surface area contributed by atoms with E-state index in [1.54, 1.807) is 21.7 Å². The molecule has 9 nitrogen and oxygen atoms in total. The number of phenolic OH excluding ortho intramolecular Hbond substituents is 1. The van der Waals surface area contributed by atoms with E-state index in [-0.39, 0.29) is 23.8 Å². The largest absolute Gasteiger partial charge is 0.508 e. The van der Waals surface area contributed by atoms with Crippen molar-refractivity contribution in [3.05, 3.63) is 83.0 Å². The molecule has 1 amide bonds. The van der Waals surface area contributed by atoms with Crippen LogP contribution in [-0.2, 0) is 6.54 Å². The Morgan fingerprint density at radius 2 is 1.82 bits per heavy atom. The van der Waals surface area contributed by atoms with E-state index in [2.05, 4.69) is 10.1 Å². The van der Waals surface area contributed by atoms with Gasteiger partial charge in [0.2, 0.25) is 0 Å². The van der Waals surface area contributed by atoms with E-state index in [1.807, 2.05) is 30.3 Å². The molecule has 9 heteroatoms. The zero-order chi connectivity index (χ0) is 23.0. The topological polar surface area (TPSA) is 113 Å². The van der Waals surface area contributed by atoms with Crippen LogP contribution in [0.3, 0.4) is 0 Å². The molecule has 0 unspecified atom stereocenters. The fraction of sp³-hybridized carbons (Fsp3) is 0.250. The van der Waals surface area contributed by atoms with E-state index >= 15 is 0 Å². The Hall–Kier alpha value is -3.98. The second-order valence-electron chi connectivity index (χ2n) is 8.37. The number of rotatable bonds is 4. The molecule has 0 bridgehead atoms. The summed E-state index contributed by atoms with van der Waals surface area (Å²) in [4.78, 5) is 31.8. The molecule has 2 aromatic carbocycles. The summed E-state index contributed by atoms with van der Waals surface area (Å²) < 4.78 is 3.02. The summed E-state index contributed by atoms with van der Waals surface area (Å²) in [5.74, 6) is -0.159. The minimum Gasteiger partial charge on any atom is -0.508 e. The first-order chi connectivity index (χ1) is 15.9. The Kier molecular flexibility index (Phi) is 5.18. The molecule has 168 valence electrons. The van der Waals surface area contributed by atoms with Gasteiger partial charge < -0.3 is 15.1 Å². The van der Waals surface area contributed by atoms with Crippen molar-refractivity contribution in [2.24, 2.45) is 0 Å². The highest BCUT2D eigenvalue weighted by Gasteiger charge is 2.35. The van der Waals surface area contributed by atoms with Crippen LogP contribution in [0.25, 0.3) is 16.7 Å². The standard InChI is InChI=1S/C24H23N5O4/c30-19-8-4-5-17(13-19)22(31)27-11-9-24(33,10-12-27)15-28-16-25-21-20(23(28)32)14-26-29(21)18-6-2-1-3-7-18/h1-8,13-14,16,30,33H,9-12,15H2. The number of fused-ring (bicyclic) bond motifs is 1.